The first-order chi connectivity index (χ1) is 12.8. The first-order valence-electron chi connectivity index (χ1n) is 8.77. The molecule has 2 aromatic carbocycles. The summed E-state index contributed by atoms with van der Waals surface area (Å²) >= 11 is 5.38. The Morgan fingerprint density at radius 2 is 1.89 bits per heavy atom. The Balaban J connectivity index is 1.91. The second kappa shape index (κ2) is 9.37. The van der Waals surface area contributed by atoms with Gasteiger partial charge in [0.15, 0.2) is 5.11 Å². The quantitative estimate of drug-likeness (QED) is 0.574. The Hall–Kier alpha value is -2.60. The Morgan fingerprint density at radius 1 is 1.15 bits per heavy atom. The molecule has 0 radical (unpaired) electrons. The van der Waals surface area contributed by atoms with Gasteiger partial charge >= 0.3 is 5.97 Å². The lowest BCUT2D eigenvalue weighted by molar-refractivity contribution is 0.0600. The van der Waals surface area contributed by atoms with Crippen LogP contribution in [0, 0.1) is 20.8 Å². The average molecular weight is 387 g/mol. The van der Waals surface area contributed by atoms with Crippen LogP contribution in [0.4, 0.5) is 5.69 Å². The summed E-state index contributed by atoms with van der Waals surface area (Å²) in [6.45, 7) is 8.46. The number of aryl methyl sites for hydroxylation is 2. The first-order valence-corrected chi connectivity index (χ1v) is 9.18. The number of rotatable bonds is 6. The molecule has 27 heavy (non-hydrogen) atoms. The molecule has 0 bridgehead atoms. The van der Waals surface area contributed by atoms with Gasteiger partial charge in [0.05, 0.1) is 18.7 Å². The van der Waals surface area contributed by atoms with E-state index in [1.165, 1.54) is 18.2 Å². The number of hydrogen-bond acceptors (Lipinski definition) is 4. The van der Waals surface area contributed by atoms with Crippen LogP contribution in [0.15, 0.2) is 36.4 Å². The van der Waals surface area contributed by atoms with E-state index in [9.17, 15) is 4.79 Å². The van der Waals surface area contributed by atoms with Crippen molar-refractivity contribution in [1.29, 1.82) is 0 Å². The SMILES string of the molecule is COC(=O)c1cccc(NC(=S)NC(C)COc2ccc(C)c(C)c2)c1C. The molecule has 6 heteroatoms. The zero-order chi connectivity index (χ0) is 20.0. The molecule has 5 nitrogen and oxygen atoms in total. The predicted molar refractivity (Wildman–Crippen MR) is 113 cm³/mol. The van der Waals surface area contributed by atoms with E-state index >= 15 is 0 Å². The molecule has 1 atom stereocenters. The Kier molecular flexibility index (Phi) is 7.19. The second-order valence-electron chi connectivity index (χ2n) is 6.53. The van der Waals surface area contributed by atoms with Crippen LogP contribution in [0.25, 0.3) is 0 Å². The van der Waals surface area contributed by atoms with Gasteiger partial charge in [-0.15, -0.1) is 0 Å². The lowest BCUT2D eigenvalue weighted by atomic mass is 10.1. The van der Waals surface area contributed by atoms with Crippen molar-refractivity contribution >= 4 is 29.0 Å². The van der Waals surface area contributed by atoms with Gasteiger partial charge in [0.2, 0.25) is 0 Å². The number of benzene rings is 2. The number of carbonyl (C=O) groups excluding carboxylic acids is 1. The summed E-state index contributed by atoms with van der Waals surface area (Å²) in [5, 5.41) is 6.79. The van der Waals surface area contributed by atoms with Crippen molar-refractivity contribution in [3.05, 3.63) is 58.7 Å². The van der Waals surface area contributed by atoms with Crippen molar-refractivity contribution in [1.82, 2.24) is 5.32 Å². The summed E-state index contributed by atoms with van der Waals surface area (Å²) in [7, 11) is 1.37. The number of methoxy groups -OCH3 is 1. The maximum atomic E-state index is 11.8. The monoisotopic (exact) mass is 386 g/mol. The van der Waals surface area contributed by atoms with Crippen LogP contribution in [0.3, 0.4) is 0 Å². The minimum absolute atomic E-state index is 0.00991. The zero-order valence-corrected chi connectivity index (χ0v) is 17.2. The third-order valence-corrected chi connectivity index (χ3v) is 4.56. The highest BCUT2D eigenvalue weighted by Gasteiger charge is 2.13. The van der Waals surface area contributed by atoms with Crippen LogP contribution in [-0.2, 0) is 4.74 Å². The number of thiocarbonyl (C=S) groups is 1. The topological polar surface area (TPSA) is 59.6 Å². The molecule has 0 aliphatic heterocycles. The van der Waals surface area contributed by atoms with Crippen molar-refractivity contribution in [2.24, 2.45) is 0 Å². The van der Waals surface area contributed by atoms with E-state index < -0.39 is 0 Å². The molecule has 0 aliphatic rings. The van der Waals surface area contributed by atoms with Gasteiger partial charge in [-0.2, -0.15) is 0 Å². The maximum Gasteiger partial charge on any atom is 0.338 e. The van der Waals surface area contributed by atoms with Gasteiger partial charge in [-0.05, 0) is 80.9 Å². The van der Waals surface area contributed by atoms with Gasteiger partial charge in [-0.3, -0.25) is 0 Å². The van der Waals surface area contributed by atoms with Crippen molar-refractivity contribution in [3.8, 4) is 5.75 Å². The van der Waals surface area contributed by atoms with Crippen LogP contribution in [-0.4, -0.2) is 30.8 Å². The van der Waals surface area contributed by atoms with Crippen LogP contribution < -0.4 is 15.4 Å². The van der Waals surface area contributed by atoms with E-state index in [4.69, 9.17) is 21.7 Å². The highest BCUT2D eigenvalue weighted by Crippen LogP contribution is 2.20. The largest absolute Gasteiger partial charge is 0.491 e. The molecule has 0 aromatic heterocycles. The van der Waals surface area contributed by atoms with Crippen LogP contribution in [0.1, 0.15) is 34.0 Å². The smallest absolute Gasteiger partial charge is 0.338 e. The standard InChI is InChI=1S/C21H26N2O3S/c1-13-9-10-17(11-14(13)2)26-12-15(3)22-21(27)23-19-8-6-7-18(16(19)4)20(24)25-5/h6-11,15H,12H2,1-5H3,(H2,22,23,27). The van der Waals surface area contributed by atoms with Crippen molar-refractivity contribution in [2.45, 2.75) is 33.7 Å². The maximum absolute atomic E-state index is 11.8. The fourth-order valence-corrected chi connectivity index (χ4v) is 2.86. The number of nitrogens with one attached hydrogen (secondary N) is 2. The summed E-state index contributed by atoms with van der Waals surface area (Å²) in [6.07, 6.45) is 0. The molecular weight excluding hydrogens is 360 g/mol. The molecule has 0 aliphatic carbocycles. The Labute approximate surface area is 166 Å². The third kappa shape index (κ3) is 5.69. The molecule has 0 saturated heterocycles. The van der Waals surface area contributed by atoms with Crippen LogP contribution in [0.5, 0.6) is 5.75 Å². The van der Waals surface area contributed by atoms with Gasteiger partial charge in [-0.25, -0.2) is 4.79 Å². The molecule has 0 spiro atoms. The molecule has 1 unspecified atom stereocenters. The van der Waals surface area contributed by atoms with E-state index in [-0.39, 0.29) is 12.0 Å². The number of ether oxygens (including phenoxy) is 2. The summed E-state index contributed by atoms with van der Waals surface area (Å²) in [4.78, 5) is 11.8. The highest BCUT2D eigenvalue weighted by molar-refractivity contribution is 7.80. The molecule has 0 heterocycles. The Morgan fingerprint density at radius 3 is 2.56 bits per heavy atom. The lowest BCUT2D eigenvalue weighted by Gasteiger charge is -2.19. The lowest BCUT2D eigenvalue weighted by Crippen LogP contribution is -2.39. The molecule has 2 aromatic rings. The van der Waals surface area contributed by atoms with Gasteiger partial charge in [0.1, 0.15) is 12.4 Å². The van der Waals surface area contributed by atoms with E-state index in [0.717, 1.165) is 17.0 Å². The zero-order valence-electron chi connectivity index (χ0n) is 16.4. The van der Waals surface area contributed by atoms with E-state index in [1.807, 2.05) is 38.1 Å². The molecule has 0 saturated carbocycles. The van der Waals surface area contributed by atoms with E-state index in [2.05, 4.69) is 24.5 Å². The summed E-state index contributed by atoms with van der Waals surface area (Å²) in [5.41, 5.74) is 4.50. The molecular formula is C21H26N2O3S. The van der Waals surface area contributed by atoms with Gasteiger partial charge in [-0.1, -0.05) is 12.1 Å². The third-order valence-electron chi connectivity index (χ3n) is 4.34. The fourth-order valence-electron chi connectivity index (χ4n) is 2.55. The summed E-state index contributed by atoms with van der Waals surface area (Å²) < 4.78 is 10.6. The van der Waals surface area contributed by atoms with Gasteiger partial charge in [0.25, 0.3) is 0 Å². The molecule has 0 amide bonds. The average Bonchev–Trinajstić information content (AvgIpc) is 2.63. The minimum Gasteiger partial charge on any atom is -0.491 e. The summed E-state index contributed by atoms with van der Waals surface area (Å²) in [5.74, 6) is 0.470. The van der Waals surface area contributed by atoms with Crippen molar-refractivity contribution < 1.29 is 14.3 Å². The second-order valence-corrected chi connectivity index (χ2v) is 6.93. The Bertz CT molecular complexity index is 836. The normalized spacial score (nSPS) is 11.4. The van der Waals surface area contributed by atoms with E-state index in [1.54, 1.807) is 12.1 Å². The fraction of sp³-hybridized carbons (Fsp3) is 0.333. The molecule has 2 rings (SSSR count). The molecule has 144 valence electrons. The highest BCUT2D eigenvalue weighted by atomic mass is 32.1. The minimum atomic E-state index is -0.370. The molecule has 2 N–H and O–H groups in total. The van der Waals surface area contributed by atoms with E-state index in [0.29, 0.717) is 17.3 Å². The van der Waals surface area contributed by atoms with Crippen LogP contribution >= 0.6 is 12.2 Å². The van der Waals surface area contributed by atoms with Crippen LogP contribution in [0.2, 0.25) is 0 Å². The van der Waals surface area contributed by atoms with Crippen molar-refractivity contribution in [2.75, 3.05) is 19.0 Å². The van der Waals surface area contributed by atoms with Gasteiger partial charge < -0.3 is 20.1 Å². The van der Waals surface area contributed by atoms with Crippen molar-refractivity contribution in [3.63, 3.8) is 0 Å². The number of carbonyl (C=O) groups is 1. The first kappa shape index (κ1) is 20.7. The number of anilines is 1. The predicted octanol–water partition coefficient (Wildman–Crippen LogP) is 4.15. The number of hydrogen-bond donors (Lipinski definition) is 2. The number of esters is 1. The summed E-state index contributed by atoms with van der Waals surface area (Å²) in [6, 6.07) is 11.4. The molecule has 0 fully saturated rings. The van der Waals surface area contributed by atoms with Gasteiger partial charge in [0, 0.05) is 5.69 Å².